The van der Waals surface area contributed by atoms with Crippen molar-refractivity contribution in [3.05, 3.63) is 34.4 Å². The SMILES string of the molecule is CCOC(=O)c1nc(-c2ccc(Br)cc2)oc1N. The number of ether oxygens (including phenoxy) is 1. The molecular weight excluding hydrogens is 300 g/mol. The van der Waals surface area contributed by atoms with E-state index in [-0.39, 0.29) is 18.2 Å². The first-order valence-corrected chi connectivity index (χ1v) is 6.10. The fourth-order valence-corrected chi connectivity index (χ4v) is 1.66. The van der Waals surface area contributed by atoms with E-state index in [1.807, 2.05) is 24.3 Å². The van der Waals surface area contributed by atoms with Crippen LogP contribution in [0.15, 0.2) is 33.2 Å². The van der Waals surface area contributed by atoms with Gasteiger partial charge in [-0.2, -0.15) is 4.98 Å². The molecule has 0 aliphatic heterocycles. The molecule has 0 atom stereocenters. The van der Waals surface area contributed by atoms with Gasteiger partial charge in [0.25, 0.3) is 0 Å². The van der Waals surface area contributed by atoms with Crippen molar-refractivity contribution in [1.29, 1.82) is 0 Å². The van der Waals surface area contributed by atoms with Gasteiger partial charge in [0.2, 0.25) is 17.5 Å². The van der Waals surface area contributed by atoms with Crippen LogP contribution in [0.4, 0.5) is 5.88 Å². The lowest BCUT2D eigenvalue weighted by atomic mass is 10.2. The molecule has 1 aromatic heterocycles. The van der Waals surface area contributed by atoms with Crippen LogP contribution < -0.4 is 5.73 Å². The van der Waals surface area contributed by atoms with E-state index in [1.165, 1.54) is 0 Å². The van der Waals surface area contributed by atoms with Crippen molar-refractivity contribution >= 4 is 27.8 Å². The Morgan fingerprint density at radius 1 is 1.44 bits per heavy atom. The molecule has 2 N–H and O–H groups in total. The number of rotatable bonds is 3. The second-order valence-corrected chi connectivity index (χ2v) is 4.37. The first-order valence-electron chi connectivity index (χ1n) is 5.31. The van der Waals surface area contributed by atoms with Crippen molar-refractivity contribution in [1.82, 2.24) is 4.98 Å². The van der Waals surface area contributed by atoms with E-state index in [1.54, 1.807) is 6.92 Å². The first-order chi connectivity index (χ1) is 8.61. The van der Waals surface area contributed by atoms with Gasteiger partial charge in [-0.15, -0.1) is 0 Å². The van der Waals surface area contributed by atoms with E-state index >= 15 is 0 Å². The molecule has 1 heterocycles. The van der Waals surface area contributed by atoms with Crippen molar-refractivity contribution in [2.75, 3.05) is 12.3 Å². The average Bonchev–Trinajstić information content (AvgIpc) is 2.72. The maximum absolute atomic E-state index is 11.5. The van der Waals surface area contributed by atoms with Crippen molar-refractivity contribution in [3.63, 3.8) is 0 Å². The number of carbonyl (C=O) groups excluding carboxylic acids is 1. The largest absolute Gasteiger partial charge is 0.461 e. The summed E-state index contributed by atoms with van der Waals surface area (Å²) in [5.41, 5.74) is 6.35. The monoisotopic (exact) mass is 310 g/mol. The van der Waals surface area contributed by atoms with E-state index in [9.17, 15) is 4.79 Å². The second kappa shape index (κ2) is 5.22. The van der Waals surface area contributed by atoms with Crippen LogP contribution in [0, 0.1) is 0 Å². The molecule has 0 amide bonds. The van der Waals surface area contributed by atoms with E-state index in [0.717, 1.165) is 10.0 Å². The summed E-state index contributed by atoms with van der Waals surface area (Å²) < 4.78 is 11.0. The zero-order valence-corrected chi connectivity index (χ0v) is 11.2. The molecule has 6 heteroatoms. The van der Waals surface area contributed by atoms with Gasteiger partial charge in [0, 0.05) is 10.0 Å². The molecule has 0 unspecified atom stereocenters. The number of carbonyl (C=O) groups is 1. The fraction of sp³-hybridized carbons (Fsp3) is 0.167. The summed E-state index contributed by atoms with van der Waals surface area (Å²) >= 11 is 3.33. The summed E-state index contributed by atoms with van der Waals surface area (Å²) in [6.45, 7) is 1.97. The highest BCUT2D eigenvalue weighted by atomic mass is 79.9. The van der Waals surface area contributed by atoms with Gasteiger partial charge < -0.3 is 14.9 Å². The van der Waals surface area contributed by atoms with Gasteiger partial charge in [0.05, 0.1) is 6.61 Å². The minimum absolute atomic E-state index is 0.00905. The number of nitrogens with zero attached hydrogens (tertiary/aromatic N) is 1. The van der Waals surface area contributed by atoms with Crippen molar-refractivity contribution in [2.45, 2.75) is 6.92 Å². The molecule has 0 aliphatic carbocycles. The second-order valence-electron chi connectivity index (χ2n) is 3.46. The Bertz CT molecular complexity index is 563. The number of hydrogen-bond acceptors (Lipinski definition) is 5. The highest BCUT2D eigenvalue weighted by Crippen LogP contribution is 2.25. The fourth-order valence-electron chi connectivity index (χ4n) is 1.39. The summed E-state index contributed by atoms with van der Waals surface area (Å²) in [5.74, 6) is -0.323. The molecule has 0 radical (unpaired) electrons. The smallest absolute Gasteiger partial charge is 0.362 e. The number of nitrogens with two attached hydrogens (primary N) is 1. The third kappa shape index (κ3) is 2.53. The quantitative estimate of drug-likeness (QED) is 0.882. The lowest BCUT2D eigenvalue weighted by molar-refractivity contribution is 0.0521. The topological polar surface area (TPSA) is 78.3 Å². The number of esters is 1. The van der Waals surface area contributed by atoms with Crippen molar-refractivity contribution in [3.8, 4) is 11.5 Å². The molecule has 18 heavy (non-hydrogen) atoms. The van der Waals surface area contributed by atoms with Gasteiger partial charge in [-0.05, 0) is 31.2 Å². The van der Waals surface area contributed by atoms with E-state index in [0.29, 0.717) is 5.89 Å². The van der Waals surface area contributed by atoms with Crippen LogP contribution in [0.3, 0.4) is 0 Å². The summed E-state index contributed by atoms with van der Waals surface area (Å²) in [6.07, 6.45) is 0. The minimum atomic E-state index is -0.581. The van der Waals surface area contributed by atoms with Gasteiger partial charge >= 0.3 is 5.97 Å². The highest BCUT2D eigenvalue weighted by Gasteiger charge is 2.19. The molecule has 0 bridgehead atoms. The number of benzene rings is 1. The van der Waals surface area contributed by atoms with E-state index in [2.05, 4.69) is 20.9 Å². The maximum Gasteiger partial charge on any atom is 0.362 e. The number of halogens is 1. The van der Waals surface area contributed by atoms with Gasteiger partial charge in [0.15, 0.2) is 0 Å². The average molecular weight is 311 g/mol. The molecule has 2 aromatic rings. The third-order valence-corrected chi connectivity index (χ3v) is 2.74. The predicted octanol–water partition coefficient (Wildman–Crippen LogP) is 2.86. The van der Waals surface area contributed by atoms with Crippen LogP contribution >= 0.6 is 15.9 Å². The Hall–Kier alpha value is -1.82. The van der Waals surface area contributed by atoms with Gasteiger partial charge in [-0.3, -0.25) is 0 Å². The minimum Gasteiger partial charge on any atom is -0.461 e. The Morgan fingerprint density at radius 3 is 2.72 bits per heavy atom. The highest BCUT2D eigenvalue weighted by molar-refractivity contribution is 9.10. The molecule has 5 nitrogen and oxygen atoms in total. The number of aromatic nitrogens is 1. The Labute approximate surface area is 112 Å². The molecule has 0 saturated carbocycles. The lowest BCUT2D eigenvalue weighted by Crippen LogP contribution is -2.07. The van der Waals surface area contributed by atoms with Crippen molar-refractivity contribution in [2.24, 2.45) is 0 Å². The Morgan fingerprint density at radius 2 is 2.11 bits per heavy atom. The van der Waals surface area contributed by atoms with Crippen LogP contribution in [-0.4, -0.2) is 17.6 Å². The molecule has 1 aromatic carbocycles. The summed E-state index contributed by atoms with van der Waals surface area (Å²) in [7, 11) is 0. The molecule has 0 fully saturated rings. The van der Waals surface area contributed by atoms with Crippen LogP contribution in [0.25, 0.3) is 11.5 Å². The molecule has 0 saturated heterocycles. The molecule has 0 aliphatic rings. The van der Waals surface area contributed by atoms with Crippen LogP contribution in [0.2, 0.25) is 0 Å². The number of anilines is 1. The predicted molar refractivity (Wildman–Crippen MR) is 70.0 cm³/mol. The third-order valence-electron chi connectivity index (χ3n) is 2.21. The van der Waals surface area contributed by atoms with E-state index in [4.69, 9.17) is 14.9 Å². The molecule has 0 spiro atoms. The van der Waals surface area contributed by atoms with Crippen molar-refractivity contribution < 1.29 is 13.9 Å². The Balaban J connectivity index is 2.34. The number of hydrogen-bond donors (Lipinski definition) is 1. The molecule has 94 valence electrons. The molecule has 2 rings (SSSR count). The summed E-state index contributed by atoms with van der Waals surface area (Å²) in [4.78, 5) is 15.6. The Kier molecular flexibility index (Phi) is 3.66. The van der Waals surface area contributed by atoms with Crippen LogP contribution in [-0.2, 0) is 4.74 Å². The first kappa shape index (κ1) is 12.6. The number of oxazole rings is 1. The van der Waals surface area contributed by atoms with Gasteiger partial charge in [-0.1, -0.05) is 15.9 Å². The zero-order valence-electron chi connectivity index (χ0n) is 9.64. The van der Waals surface area contributed by atoms with Gasteiger partial charge in [0.1, 0.15) is 0 Å². The zero-order chi connectivity index (χ0) is 13.1. The van der Waals surface area contributed by atoms with Crippen LogP contribution in [0.1, 0.15) is 17.4 Å². The number of nitrogen functional groups attached to an aromatic ring is 1. The summed E-state index contributed by atoms with van der Waals surface area (Å²) in [6, 6.07) is 7.31. The summed E-state index contributed by atoms with van der Waals surface area (Å²) in [5, 5.41) is 0. The lowest BCUT2D eigenvalue weighted by Gasteiger charge is -1.96. The van der Waals surface area contributed by atoms with Crippen LogP contribution in [0.5, 0.6) is 0 Å². The standard InChI is InChI=1S/C12H11BrN2O3/c1-2-17-12(16)9-10(14)18-11(15-9)7-3-5-8(13)6-4-7/h3-6H,2,14H2,1H3. The maximum atomic E-state index is 11.5. The van der Waals surface area contributed by atoms with E-state index < -0.39 is 5.97 Å². The molecular formula is C12H11BrN2O3. The normalized spacial score (nSPS) is 10.3. The van der Waals surface area contributed by atoms with Gasteiger partial charge in [-0.25, -0.2) is 4.79 Å².